The number of nitrogen functional groups attached to an aromatic ring is 1. The van der Waals surface area contributed by atoms with Crippen LogP contribution in [0.3, 0.4) is 0 Å². The van der Waals surface area contributed by atoms with E-state index in [0.29, 0.717) is 23.1 Å². The number of fused-ring (bicyclic) bond motifs is 1. The van der Waals surface area contributed by atoms with Crippen LogP contribution in [0.15, 0.2) is 35.7 Å². The smallest absolute Gasteiger partial charge is 0.338 e. The van der Waals surface area contributed by atoms with E-state index in [1.54, 1.807) is 24.3 Å². The largest absolute Gasteiger partial charge is 0.491 e. The summed E-state index contributed by atoms with van der Waals surface area (Å²) in [6.07, 6.45) is -4.45. The van der Waals surface area contributed by atoms with Gasteiger partial charge in [0.25, 0.3) is 0 Å². The van der Waals surface area contributed by atoms with Crippen molar-refractivity contribution in [2.45, 2.75) is 49.6 Å². The van der Waals surface area contributed by atoms with E-state index in [9.17, 15) is 25.2 Å². The first-order valence-corrected chi connectivity index (χ1v) is 13.0. The Morgan fingerprint density at radius 2 is 1.92 bits per heavy atom. The third kappa shape index (κ3) is 6.17. The second kappa shape index (κ2) is 12.2. The van der Waals surface area contributed by atoms with Gasteiger partial charge in [-0.05, 0) is 30.2 Å². The van der Waals surface area contributed by atoms with Gasteiger partial charge in [-0.25, -0.2) is 19.7 Å². The number of hydrogen-bond acceptors (Lipinski definition) is 13. The van der Waals surface area contributed by atoms with Crippen LogP contribution in [0.4, 0.5) is 5.82 Å². The van der Waals surface area contributed by atoms with Gasteiger partial charge in [0.05, 0.1) is 24.9 Å². The number of aliphatic hydroxyl groups excluding tert-OH is 4. The second-order valence-electron chi connectivity index (χ2n) is 9.22. The fourth-order valence-electron chi connectivity index (χ4n) is 3.75. The molecule has 3 aromatic rings. The first-order valence-electron chi connectivity index (χ1n) is 12.0. The first kappa shape index (κ1) is 28.0. The summed E-state index contributed by atoms with van der Waals surface area (Å²) in [6, 6.07) is 6.42. The van der Waals surface area contributed by atoms with Gasteiger partial charge < -0.3 is 40.4 Å². The minimum absolute atomic E-state index is 0.0415. The van der Waals surface area contributed by atoms with Crippen LogP contribution in [-0.2, 0) is 9.47 Å². The number of benzene rings is 1. The van der Waals surface area contributed by atoms with Crippen LogP contribution in [-0.4, -0.2) is 95.9 Å². The minimum Gasteiger partial charge on any atom is -0.491 e. The molecule has 3 heterocycles. The predicted octanol–water partition coefficient (Wildman–Crippen LogP) is 0.365. The Labute approximate surface area is 222 Å². The maximum absolute atomic E-state index is 12.0. The molecule has 14 heteroatoms. The lowest BCUT2D eigenvalue weighted by Crippen LogP contribution is -2.33. The van der Waals surface area contributed by atoms with E-state index in [1.165, 1.54) is 10.9 Å². The molecule has 6 N–H and O–H groups in total. The molecule has 1 fully saturated rings. The van der Waals surface area contributed by atoms with E-state index < -0.39 is 43.2 Å². The fourth-order valence-corrected chi connectivity index (χ4v) is 4.68. The lowest BCUT2D eigenvalue weighted by molar-refractivity contribution is -0.0548. The second-order valence-corrected chi connectivity index (χ2v) is 10.2. The number of aliphatic hydroxyl groups is 4. The molecule has 0 unspecified atom stereocenters. The van der Waals surface area contributed by atoms with Crippen molar-refractivity contribution in [2.24, 2.45) is 5.92 Å². The molecule has 13 nitrogen and oxygen atoms in total. The molecule has 1 aromatic carbocycles. The molecule has 0 radical (unpaired) electrons. The molecule has 0 saturated carbocycles. The fraction of sp³-hybridized carbons (Fsp3) is 0.500. The maximum atomic E-state index is 12.0. The Morgan fingerprint density at radius 3 is 2.58 bits per heavy atom. The number of imidazole rings is 1. The van der Waals surface area contributed by atoms with Gasteiger partial charge >= 0.3 is 5.97 Å². The summed E-state index contributed by atoms with van der Waals surface area (Å²) in [5.41, 5.74) is 6.90. The number of thioether (sulfide) groups is 1. The van der Waals surface area contributed by atoms with Gasteiger partial charge in [0.2, 0.25) is 0 Å². The molecule has 2 aromatic heterocycles. The van der Waals surface area contributed by atoms with Gasteiger partial charge in [-0.15, -0.1) is 0 Å². The molecular weight excluding hydrogens is 518 g/mol. The zero-order valence-electron chi connectivity index (χ0n) is 20.9. The summed E-state index contributed by atoms with van der Waals surface area (Å²) in [7, 11) is 0. The third-order valence-electron chi connectivity index (χ3n) is 5.73. The summed E-state index contributed by atoms with van der Waals surface area (Å²) < 4.78 is 18.0. The quantitative estimate of drug-likeness (QED) is 0.163. The Bertz CT molecular complexity index is 1240. The monoisotopic (exact) mass is 549 g/mol. The van der Waals surface area contributed by atoms with Gasteiger partial charge in [-0.3, -0.25) is 4.57 Å². The molecule has 1 saturated heterocycles. The Morgan fingerprint density at radius 1 is 1.18 bits per heavy atom. The molecule has 206 valence electrons. The van der Waals surface area contributed by atoms with Crippen LogP contribution in [0.25, 0.3) is 11.2 Å². The Hall–Kier alpha value is -3.01. The number of hydrogen-bond donors (Lipinski definition) is 5. The molecule has 0 aliphatic carbocycles. The zero-order chi connectivity index (χ0) is 27.4. The summed E-state index contributed by atoms with van der Waals surface area (Å²) in [5.74, 6) is 0.552. The lowest BCUT2D eigenvalue weighted by Gasteiger charge is -2.19. The SMILES string of the molecule is CC(C)COC(=O)c1ccc(OC[C@@H](O)CSc2nc3c(N)ncnc3n2[C@H]2O[C@@H](CO)[C@H](O)[C@@H]2O)cc1. The highest BCUT2D eigenvalue weighted by atomic mass is 32.2. The van der Waals surface area contributed by atoms with E-state index in [1.807, 2.05) is 13.8 Å². The normalized spacial score (nSPS) is 22.2. The third-order valence-corrected chi connectivity index (χ3v) is 6.83. The average Bonchev–Trinajstić information content (AvgIpc) is 3.42. The zero-order valence-corrected chi connectivity index (χ0v) is 21.7. The van der Waals surface area contributed by atoms with Crippen molar-refractivity contribution >= 4 is 34.7 Å². The topological polar surface area (TPSA) is 195 Å². The Balaban J connectivity index is 1.40. The lowest BCUT2D eigenvalue weighted by atomic mass is 10.1. The van der Waals surface area contributed by atoms with Crippen molar-refractivity contribution in [1.29, 1.82) is 0 Å². The number of carbonyl (C=O) groups excluding carboxylic acids is 1. The molecule has 0 bridgehead atoms. The highest BCUT2D eigenvalue weighted by Gasteiger charge is 2.45. The van der Waals surface area contributed by atoms with Crippen LogP contribution in [0.2, 0.25) is 0 Å². The number of nitrogens with two attached hydrogens (primary N) is 1. The van der Waals surface area contributed by atoms with E-state index in [0.717, 1.165) is 11.8 Å². The van der Waals surface area contributed by atoms with Gasteiger partial charge in [0.1, 0.15) is 37.0 Å². The number of anilines is 1. The summed E-state index contributed by atoms with van der Waals surface area (Å²) in [6.45, 7) is 3.71. The highest BCUT2D eigenvalue weighted by molar-refractivity contribution is 7.99. The number of ether oxygens (including phenoxy) is 3. The van der Waals surface area contributed by atoms with E-state index in [-0.39, 0.29) is 35.3 Å². The van der Waals surface area contributed by atoms with Gasteiger partial charge in [-0.2, -0.15) is 0 Å². The van der Waals surface area contributed by atoms with Crippen molar-refractivity contribution in [2.75, 3.05) is 31.3 Å². The Kier molecular flexibility index (Phi) is 9.02. The van der Waals surface area contributed by atoms with Gasteiger partial charge in [-0.1, -0.05) is 25.6 Å². The van der Waals surface area contributed by atoms with Crippen molar-refractivity contribution in [3.63, 3.8) is 0 Å². The van der Waals surface area contributed by atoms with Crippen LogP contribution >= 0.6 is 11.8 Å². The minimum atomic E-state index is -1.36. The molecule has 0 spiro atoms. The van der Waals surface area contributed by atoms with Crippen molar-refractivity contribution < 1.29 is 39.4 Å². The number of carbonyl (C=O) groups is 1. The highest BCUT2D eigenvalue weighted by Crippen LogP contribution is 2.36. The van der Waals surface area contributed by atoms with E-state index in [2.05, 4.69) is 15.0 Å². The first-order chi connectivity index (χ1) is 18.2. The van der Waals surface area contributed by atoms with Crippen LogP contribution in [0.5, 0.6) is 5.75 Å². The van der Waals surface area contributed by atoms with E-state index in [4.69, 9.17) is 19.9 Å². The standard InChI is InChI=1S/C24H31N5O8S/c1-12(2)8-36-23(34)13-3-5-15(6-4-13)35-9-14(31)10-38-24-28-17-20(25)26-11-27-21(17)29(24)22-19(33)18(32)16(7-30)37-22/h3-6,11-12,14,16,18-19,22,30-33H,7-10H2,1-2H3,(H2,25,26,27)/t14-,16+,18+,19+,22+/m1/s1. The summed E-state index contributed by atoms with van der Waals surface area (Å²) in [4.78, 5) is 24.6. The average molecular weight is 550 g/mol. The molecule has 4 rings (SSSR count). The number of esters is 1. The molecular formula is C24H31N5O8S. The molecule has 1 aliphatic rings. The molecule has 38 heavy (non-hydrogen) atoms. The van der Waals surface area contributed by atoms with E-state index >= 15 is 0 Å². The van der Waals surface area contributed by atoms with Crippen LogP contribution in [0.1, 0.15) is 30.4 Å². The summed E-state index contributed by atoms with van der Waals surface area (Å²) in [5, 5.41) is 41.1. The number of rotatable bonds is 11. The predicted molar refractivity (Wildman–Crippen MR) is 137 cm³/mol. The van der Waals surface area contributed by atoms with Crippen LogP contribution in [0, 0.1) is 5.92 Å². The van der Waals surface area contributed by atoms with Gasteiger partial charge in [0.15, 0.2) is 28.4 Å². The maximum Gasteiger partial charge on any atom is 0.338 e. The van der Waals surface area contributed by atoms with Crippen molar-refractivity contribution in [1.82, 2.24) is 19.5 Å². The van der Waals surface area contributed by atoms with Gasteiger partial charge in [0, 0.05) is 5.75 Å². The van der Waals surface area contributed by atoms with Crippen molar-refractivity contribution in [3.8, 4) is 5.75 Å². The molecule has 1 aliphatic heterocycles. The van der Waals surface area contributed by atoms with Crippen LogP contribution < -0.4 is 10.5 Å². The van der Waals surface area contributed by atoms with Crippen molar-refractivity contribution in [3.05, 3.63) is 36.2 Å². The number of aromatic nitrogens is 4. The molecule has 5 atom stereocenters. The summed E-state index contributed by atoms with van der Waals surface area (Å²) >= 11 is 1.14. The molecule has 0 amide bonds. The number of nitrogens with zero attached hydrogens (tertiary/aromatic N) is 4.